The van der Waals surface area contributed by atoms with Gasteiger partial charge in [0.1, 0.15) is 5.75 Å². The van der Waals surface area contributed by atoms with Crippen molar-refractivity contribution < 1.29 is 27.8 Å². The van der Waals surface area contributed by atoms with Gasteiger partial charge in [0.2, 0.25) is 0 Å². The lowest BCUT2D eigenvalue weighted by Crippen LogP contribution is -2.13. The molecule has 3 rings (SSSR count). The maximum absolute atomic E-state index is 13.2. The highest BCUT2D eigenvalue weighted by molar-refractivity contribution is 9.10. The van der Waals surface area contributed by atoms with Crippen LogP contribution in [-0.2, 0) is 11.2 Å². The summed E-state index contributed by atoms with van der Waals surface area (Å²) < 4.78 is 45.4. The quantitative estimate of drug-likeness (QED) is 0.293. The number of hydrogen-bond acceptors (Lipinski definition) is 3. The summed E-state index contributed by atoms with van der Waals surface area (Å²) in [5.41, 5.74) is 2.36. The van der Waals surface area contributed by atoms with E-state index in [9.17, 15) is 18.0 Å². The third-order valence-electron chi connectivity index (χ3n) is 4.58. The predicted molar refractivity (Wildman–Crippen MR) is 128 cm³/mol. The summed E-state index contributed by atoms with van der Waals surface area (Å²) in [5.74, 6) is -0.123. The summed E-state index contributed by atoms with van der Waals surface area (Å²) in [7, 11) is 0. The van der Waals surface area contributed by atoms with E-state index in [0.29, 0.717) is 17.1 Å². The number of alkyl halides is 3. The Morgan fingerprint density at radius 2 is 1.73 bits per heavy atom. The second-order valence-corrected chi connectivity index (χ2v) is 8.93. The van der Waals surface area contributed by atoms with Crippen LogP contribution in [0.4, 0.5) is 13.2 Å². The lowest BCUT2D eigenvalue weighted by Gasteiger charge is -2.15. The van der Waals surface area contributed by atoms with Gasteiger partial charge in [0.05, 0.1) is 6.42 Å². The molecule has 0 aromatic heterocycles. The monoisotopic (exact) mass is 536 g/mol. The molecule has 172 valence electrons. The van der Waals surface area contributed by atoms with Crippen molar-refractivity contribution in [3.8, 4) is 5.75 Å². The van der Waals surface area contributed by atoms with Gasteiger partial charge in [-0.3, -0.25) is 0 Å². The summed E-state index contributed by atoms with van der Waals surface area (Å²) in [6, 6.07) is 21.1. The molecule has 3 aromatic carbocycles. The van der Waals surface area contributed by atoms with Crippen molar-refractivity contribution in [3.63, 3.8) is 0 Å². The predicted octanol–water partition coefficient (Wildman–Crippen LogP) is 7.24. The highest BCUT2D eigenvalue weighted by Crippen LogP contribution is 2.34. The first-order chi connectivity index (χ1) is 15.7. The summed E-state index contributed by atoms with van der Waals surface area (Å²) in [5, 5.41) is 8.73. The molecule has 0 heterocycles. The highest BCUT2D eigenvalue weighted by Gasteiger charge is 2.29. The van der Waals surface area contributed by atoms with Gasteiger partial charge < -0.3 is 9.84 Å². The van der Waals surface area contributed by atoms with Crippen molar-refractivity contribution in [2.75, 3.05) is 12.4 Å². The average molecular weight is 537 g/mol. The SMILES string of the molecule is O=C(O)COc1ccc(SCC=C(c2ccccc2)c2ccccc2CC(F)(F)F)c(Br)c1. The Kier molecular flexibility index (Phi) is 8.63. The largest absolute Gasteiger partial charge is 0.482 e. The third-order valence-corrected chi connectivity index (χ3v) is 6.49. The molecule has 1 N–H and O–H groups in total. The summed E-state index contributed by atoms with van der Waals surface area (Å²) in [6.07, 6.45) is -3.37. The number of rotatable bonds is 9. The number of halogens is 4. The van der Waals surface area contributed by atoms with Crippen molar-refractivity contribution in [2.24, 2.45) is 0 Å². The molecule has 8 heteroatoms. The fourth-order valence-electron chi connectivity index (χ4n) is 3.20. The lowest BCUT2D eigenvalue weighted by molar-refractivity contribution is -0.139. The molecule has 0 aliphatic heterocycles. The van der Waals surface area contributed by atoms with Crippen LogP contribution in [-0.4, -0.2) is 29.6 Å². The Balaban J connectivity index is 1.86. The van der Waals surface area contributed by atoms with E-state index in [-0.39, 0.29) is 5.56 Å². The summed E-state index contributed by atoms with van der Waals surface area (Å²) in [6.45, 7) is -0.431. The molecule has 0 unspecified atom stereocenters. The topological polar surface area (TPSA) is 46.5 Å². The molecule has 0 saturated carbocycles. The molecule has 0 fully saturated rings. The number of thioether (sulfide) groups is 1. The second-order valence-electron chi connectivity index (χ2n) is 7.02. The molecule has 0 radical (unpaired) electrons. The first-order valence-electron chi connectivity index (χ1n) is 9.90. The Bertz CT molecular complexity index is 1130. The normalized spacial score (nSPS) is 11.9. The van der Waals surface area contributed by atoms with Gasteiger partial charge in [-0.1, -0.05) is 60.7 Å². The number of aliphatic carboxylic acids is 1. The number of carbonyl (C=O) groups is 1. The molecule has 33 heavy (non-hydrogen) atoms. The fourth-order valence-corrected chi connectivity index (χ4v) is 4.69. The van der Waals surface area contributed by atoms with Gasteiger partial charge in [0, 0.05) is 15.1 Å². The van der Waals surface area contributed by atoms with Crippen LogP contribution < -0.4 is 4.74 Å². The van der Waals surface area contributed by atoms with E-state index >= 15 is 0 Å². The van der Waals surface area contributed by atoms with E-state index in [1.165, 1.54) is 17.8 Å². The summed E-state index contributed by atoms with van der Waals surface area (Å²) >= 11 is 4.96. The number of benzene rings is 3. The van der Waals surface area contributed by atoms with Crippen molar-refractivity contribution in [1.82, 2.24) is 0 Å². The van der Waals surface area contributed by atoms with Gasteiger partial charge in [-0.25, -0.2) is 4.79 Å². The van der Waals surface area contributed by atoms with Gasteiger partial charge >= 0.3 is 12.1 Å². The van der Waals surface area contributed by atoms with Gasteiger partial charge in [0.15, 0.2) is 6.61 Å². The number of carboxylic acids is 1. The van der Waals surface area contributed by atoms with Gasteiger partial charge in [-0.2, -0.15) is 13.2 Å². The van der Waals surface area contributed by atoms with Crippen LogP contribution in [0.1, 0.15) is 16.7 Å². The molecule has 0 saturated heterocycles. The minimum absolute atomic E-state index is 0.228. The Hall–Kier alpha value is -2.71. The van der Waals surface area contributed by atoms with Crippen LogP contribution >= 0.6 is 27.7 Å². The smallest absolute Gasteiger partial charge is 0.393 e. The second kappa shape index (κ2) is 11.4. The Morgan fingerprint density at radius 1 is 1.03 bits per heavy atom. The van der Waals surface area contributed by atoms with Crippen LogP contribution in [0.2, 0.25) is 0 Å². The molecule has 0 spiro atoms. The van der Waals surface area contributed by atoms with Gasteiger partial charge in [0.25, 0.3) is 0 Å². The minimum Gasteiger partial charge on any atom is -0.482 e. The van der Waals surface area contributed by atoms with E-state index in [2.05, 4.69) is 15.9 Å². The minimum atomic E-state index is -4.30. The highest BCUT2D eigenvalue weighted by atomic mass is 79.9. The standard InChI is InChI=1S/C25H20BrF3O3S/c26-22-14-19(32-16-24(30)31)10-11-23(22)33-13-12-21(17-6-2-1-3-7-17)20-9-5-4-8-18(20)15-25(27,28)29/h1-12,14H,13,15-16H2,(H,30,31). The molecule has 3 aromatic rings. The lowest BCUT2D eigenvalue weighted by atomic mass is 9.92. The van der Waals surface area contributed by atoms with E-state index in [0.717, 1.165) is 20.5 Å². The number of carboxylic acid groups (broad SMARTS) is 1. The zero-order valence-electron chi connectivity index (χ0n) is 17.3. The molecule has 0 aliphatic carbocycles. The molecule has 0 amide bonds. The maximum Gasteiger partial charge on any atom is 0.393 e. The van der Waals surface area contributed by atoms with Crippen molar-refractivity contribution in [2.45, 2.75) is 17.5 Å². The number of ether oxygens (including phenoxy) is 1. The molecule has 0 atom stereocenters. The Morgan fingerprint density at radius 3 is 2.39 bits per heavy atom. The number of hydrogen-bond donors (Lipinski definition) is 1. The van der Waals surface area contributed by atoms with Crippen molar-refractivity contribution >= 4 is 39.2 Å². The van der Waals surface area contributed by atoms with Crippen LogP contribution in [0.25, 0.3) is 5.57 Å². The van der Waals surface area contributed by atoms with Crippen LogP contribution in [0.5, 0.6) is 5.75 Å². The average Bonchev–Trinajstić information content (AvgIpc) is 2.77. The molecule has 0 aliphatic rings. The molecule has 0 bridgehead atoms. The first-order valence-corrected chi connectivity index (χ1v) is 11.7. The molecular formula is C25H20BrF3O3S. The van der Waals surface area contributed by atoms with E-state index in [4.69, 9.17) is 9.84 Å². The van der Waals surface area contributed by atoms with Crippen molar-refractivity contribution in [3.05, 3.63) is 100 Å². The fraction of sp³-hybridized carbons (Fsp3) is 0.160. The van der Waals surface area contributed by atoms with Gasteiger partial charge in [-0.15, -0.1) is 11.8 Å². The van der Waals surface area contributed by atoms with Gasteiger partial charge in [-0.05, 0) is 56.4 Å². The van der Waals surface area contributed by atoms with Crippen LogP contribution in [0.15, 0.2) is 88.2 Å². The van der Waals surface area contributed by atoms with E-state index in [1.807, 2.05) is 36.4 Å². The van der Waals surface area contributed by atoms with Crippen LogP contribution in [0.3, 0.4) is 0 Å². The van der Waals surface area contributed by atoms with E-state index < -0.39 is 25.2 Å². The zero-order chi connectivity index (χ0) is 23.8. The van der Waals surface area contributed by atoms with Crippen LogP contribution in [0, 0.1) is 0 Å². The van der Waals surface area contributed by atoms with E-state index in [1.54, 1.807) is 36.4 Å². The summed E-state index contributed by atoms with van der Waals surface area (Å²) in [4.78, 5) is 11.5. The Labute approximate surface area is 202 Å². The zero-order valence-corrected chi connectivity index (χ0v) is 19.7. The first kappa shape index (κ1) is 24.9. The maximum atomic E-state index is 13.2. The third kappa shape index (κ3) is 7.68. The molecular weight excluding hydrogens is 517 g/mol. The van der Waals surface area contributed by atoms with Crippen molar-refractivity contribution in [1.29, 1.82) is 0 Å². The molecule has 3 nitrogen and oxygen atoms in total.